The van der Waals surface area contributed by atoms with Gasteiger partial charge in [0, 0.05) is 0 Å². The van der Waals surface area contributed by atoms with Crippen molar-refractivity contribution < 1.29 is 8.97 Å². The summed E-state index contributed by atoms with van der Waals surface area (Å²) in [5.74, 6) is 0. The van der Waals surface area contributed by atoms with Crippen LogP contribution in [0.3, 0.4) is 0 Å². The quantitative estimate of drug-likeness (QED) is 0.147. The Kier molecular flexibility index (Phi) is 32.5. The molecule has 0 aromatic rings. The van der Waals surface area contributed by atoms with Crippen LogP contribution in [0.15, 0.2) is 0 Å². The maximum absolute atomic E-state index is 2.29. The van der Waals surface area contributed by atoms with E-state index in [9.17, 15) is 0 Å². The smallest absolute Gasteiger partial charge is 0.0780 e. The van der Waals surface area contributed by atoms with Crippen molar-refractivity contribution in [1.29, 1.82) is 0 Å². The average molecular weight is 444 g/mol. The van der Waals surface area contributed by atoms with Gasteiger partial charge in [0.05, 0.1) is 53.9 Å². The predicted molar refractivity (Wildman–Crippen MR) is 158 cm³/mol. The molecule has 0 unspecified atom stereocenters. The lowest BCUT2D eigenvalue weighted by Gasteiger charge is -2.34. The van der Waals surface area contributed by atoms with Gasteiger partial charge in [0.1, 0.15) is 0 Å². The van der Waals surface area contributed by atoms with Gasteiger partial charge < -0.3 is 8.97 Å². The van der Waals surface area contributed by atoms with Crippen molar-refractivity contribution in [2.75, 3.05) is 53.9 Å². The molecule has 0 heterocycles. The van der Waals surface area contributed by atoms with E-state index in [2.05, 4.69) is 55.8 Å². The molecular formula is C27H70B2N2. The lowest BCUT2D eigenvalue weighted by molar-refractivity contribution is -0.921. The highest BCUT2D eigenvalue weighted by Crippen LogP contribution is 2.13. The molecule has 0 saturated heterocycles. The van der Waals surface area contributed by atoms with Crippen LogP contribution >= 0.6 is 0 Å². The maximum atomic E-state index is 2.29. The van der Waals surface area contributed by atoms with Crippen LogP contribution in [-0.2, 0) is 0 Å². The molecule has 0 N–H and O–H groups in total. The Hall–Kier alpha value is 0.0499. The molecule has 0 fully saturated rings. The van der Waals surface area contributed by atoms with Gasteiger partial charge in [-0.05, 0) is 40.5 Å². The first-order chi connectivity index (χ1) is 13.8. The molecule has 0 radical (unpaired) electrons. The Balaban J connectivity index is -0.000000282. The topological polar surface area (TPSA) is 0 Å². The third kappa shape index (κ3) is 28.0. The molecule has 0 aliphatic carbocycles. The zero-order chi connectivity index (χ0) is 22.4. The van der Waals surface area contributed by atoms with Gasteiger partial charge in [-0.15, -0.1) is 0 Å². The molecule has 0 aromatic carbocycles. The Morgan fingerprint density at radius 2 is 0.645 bits per heavy atom. The summed E-state index contributed by atoms with van der Waals surface area (Å²) < 4.78 is 2.40. The fraction of sp³-hybridized carbons (Fsp3) is 1.00. The highest BCUT2D eigenvalue weighted by Gasteiger charge is 2.16. The number of quaternary nitrogens is 2. The minimum absolute atomic E-state index is 0. The van der Waals surface area contributed by atoms with Crippen molar-refractivity contribution in [3.05, 3.63) is 0 Å². The molecular weight excluding hydrogens is 374 g/mol. The van der Waals surface area contributed by atoms with Crippen LogP contribution in [0.5, 0.6) is 0 Å². The van der Waals surface area contributed by atoms with E-state index < -0.39 is 0 Å². The zero-order valence-electron chi connectivity index (χ0n) is 22.3. The first kappa shape index (κ1) is 38.3. The number of nitrogens with zero attached hydrogens (tertiary/aromatic N) is 2. The van der Waals surface area contributed by atoms with Gasteiger partial charge in [0.15, 0.2) is 0 Å². The number of hydrogen-bond acceptors (Lipinski definition) is 0. The second kappa shape index (κ2) is 26.3. The maximum Gasteiger partial charge on any atom is 0.0780 e. The Labute approximate surface area is 204 Å². The van der Waals surface area contributed by atoms with Crippen molar-refractivity contribution in [3.8, 4) is 0 Å². The molecule has 0 saturated carbocycles. The van der Waals surface area contributed by atoms with E-state index in [-0.39, 0.29) is 16.8 Å². The molecule has 31 heavy (non-hydrogen) atoms. The van der Waals surface area contributed by atoms with Crippen LogP contribution in [0.1, 0.15) is 125 Å². The van der Waals surface area contributed by atoms with E-state index in [1.165, 1.54) is 127 Å². The van der Waals surface area contributed by atoms with Gasteiger partial charge >= 0.3 is 0 Å². The Morgan fingerprint density at radius 1 is 0.387 bits per heavy atom. The van der Waals surface area contributed by atoms with Gasteiger partial charge in [0.25, 0.3) is 0 Å². The van der Waals surface area contributed by atoms with Crippen molar-refractivity contribution >= 4 is 16.8 Å². The van der Waals surface area contributed by atoms with E-state index in [0.717, 1.165) is 4.48 Å². The van der Waals surface area contributed by atoms with Crippen LogP contribution in [-0.4, -0.2) is 79.7 Å². The second-order valence-electron chi connectivity index (χ2n) is 10.2. The number of unbranched alkanes of at least 4 members (excludes halogenated alkanes) is 13. The van der Waals surface area contributed by atoms with E-state index >= 15 is 0 Å². The highest BCUT2D eigenvalue weighted by molar-refractivity contribution is 5.76. The molecule has 4 heteroatoms. The number of rotatable bonds is 19. The lowest BCUT2D eigenvalue weighted by atomic mass is 10.0. The van der Waals surface area contributed by atoms with E-state index in [0.29, 0.717) is 0 Å². The monoisotopic (exact) mass is 445 g/mol. The van der Waals surface area contributed by atoms with Gasteiger partial charge in [-0.1, -0.05) is 101 Å². The zero-order valence-corrected chi connectivity index (χ0v) is 22.3. The minimum atomic E-state index is 0. The SMILES string of the molecule is CCCCCCCCCCCCCCCC[N+](C)(C)C.CC[N+](CC)(CC)CC.[BH4-].[BH4-]. The molecule has 0 aromatic heterocycles. The molecule has 0 aliphatic rings. The molecule has 2 nitrogen and oxygen atoms in total. The van der Waals surface area contributed by atoms with Gasteiger partial charge in [-0.3, -0.25) is 0 Å². The van der Waals surface area contributed by atoms with Gasteiger partial charge in [-0.2, -0.15) is 0 Å². The second-order valence-corrected chi connectivity index (χ2v) is 10.2. The van der Waals surface area contributed by atoms with Crippen molar-refractivity contribution in [3.63, 3.8) is 0 Å². The fourth-order valence-electron chi connectivity index (χ4n) is 4.12. The molecule has 0 bridgehead atoms. The summed E-state index contributed by atoms with van der Waals surface area (Å²) >= 11 is 0. The summed E-state index contributed by atoms with van der Waals surface area (Å²) in [7, 11) is 6.88. The van der Waals surface area contributed by atoms with Crippen LogP contribution in [0.25, 0.3) is 0 Å². The Bertz CT molecular complexity index is 295. The summed E-state index contributed by atoms with van der Waals surface area (Å²) in [6.07, 6.45) is 20.4. The van der Waals surface area contributed by atoms with E-state index in [4.69, 9.17) is 0 Å². The normalized spacial score (nSPS) is 11.2. The molecule has 0 atom stereocenters. The summed E-state index contributed by atoms with van der Waals surface area (Å²) in [6, 6.07) is 0. The fourth-order valence-corrected chi connectivity index (χ4v) is 4.12. The van der Waals surface area contributed by atoms with Crippen molar-refractivity contribution in [2.45, 2.75) is 125 Å². The highest BCUT2D eigenvalue weighted by atomic mass is 15.3. The van der Waals surface area contributed by atoms with Gasteiger partial charge in [0.2, 0.25) is 0 Å². The van der Waals surface area contributed by atoms with Crippen LogP contribution in [0.4, 0.5) is 0 Å². The number of hydrogen-bond donors (Lipinski definition) is 0. The average Bonchev–Trinajstić information content (AvgIpc) is 2.70. The van der Waals surface area contributed by atoms with Crippen LogP contribution < -0.4 is 0 Å². The van der Waals surface area contributed by atoms with Crippen LogP contribution in [0.2, 0.25) is 0 Å². The molecule has 0 spiro atoms. The third-order valence-corrected chi connectivity index (χ3v) is 6.87. The van der Waals surface area contributed by atoms with Crippen LogP contribution in [0, 0.1) is 0 Å². The van der Waals surface area contributed by atoms with Gasteiger partial charge in [-0.25, -0.2) is 0 Å². The molecule has 0 amide bonds. The van der Waals surface area contributed by atoms with Crippen molar-refractivity contribution in [1.82, 2.24) is 0 Å². The standard InChI is InChI=1S/C19H42N.C8H20N.2BH4/c1-5-6-7-8-9-10-11-12-13-14-15-16-17-18-19-20(2,3)4;1-5-9(6-2,7-3)8-4;;/h5-19H2,1-4H3;5-8H2,1-4H3;2*1H4/q2*+1;2*-1. The summed E-state index contributed by atoms with van der Waals surface area (Å²) in [5.41, 5.74) is 0. The first-order valence-electron chi connectivity index (χ1n) is 13.5. The van der Waals surface area contributed by atoms with Crippen molar-refractivity contribution in [2.24, 2.45) is 0 Å². The first-order valence-corrected chi connectivity index (χ1v) is 13.5. The van der Waals surface area contributed by atoms with E-state index in [1.807, 2.05) is 0 Å². The predicted octanol–water partition coefficient (Wildman–Crippen LogP) is 5.15. The lowest BCUT2D eigenvalue weighted by Crippen LogP contribution is -2.47. The summed E-state index contributed by atoms with van der Waals surface area (Å²) in [6.45, 7) is 17.8. The minimum Gasteiger partial charge on any atom is -0.331 e. The molecule has 194 valence electrons. The summed E-state index contributed by atoms with van der Waals surface area (Å²) in [5, 5.41) is 0. The Morgan fingerprint density at radius 3 is 0.839 bits per heavy atom. The molecule has 0 rings (SSSR count). The largest absolute Gasteiger partial charge is 0.331 e. The molecule has 0 aliphatic heterocycles. The van der Waals surface area contributed by atoms with E-state index in [1.54, 1.807) is 0 Å². The summed E-state index contributed by atoms with van der Waals surface area (Å²) in [4.78, 5) is 0. The third-order valence-electron chi connectivity index (χ3n) is 6.87.